The number of allylic oxidation sites excluding steroid dienone is 3. The molecule has 0 saturated carbocycles. The van der Waals surface area contributed by atoms with E-state index in [1.165, 1.54) is 6.92 Å². The van der Waals surface area contributed by atoms with E-state index in [1.807, 2.05) is 43.3 Å². The normalized spacial score (nSPS) is 13.7. The Balaban J connectivity index is 2.00. The maximum atomic E-state index is 11.2. The summed E-state index contributed by atoms with van der Waals surface area (Å²) in [5.74, 6) is 0.378. The van der Waals surface area contributed by atoms with Crippen LogP contribution in [0.25, 0.3) is 11.3 Å². The van der Waals surface area contributed by atoms with Crippen molar-refractivity contribution in [1.29, 1.82) is 0 Å². The molecule has 0 unspecified atom stereocenters. The molecule has 0 spiro atoms. The van der Waals surface area contributed by atoms with Gasteiger partial charge in [0.25, 0.3) is 0 Å². The Morgan fingerprint density at radius 2 is 2.04 bits per heavy atom. The molecular weight excluding hydrogens is 300 g/mol. The lowest BCUT2D eigenvalue weighted by Crippen LogP contribution is -2.15. The molecule has 0 saturated heterocycles. The van der Waals surface area contributed by atoms with Crippen molar-refractivity contribution in [3.05, 3.63) is 77.9 Å². The molecule has 1 amide bonds. The first-order valence-electron chi connectivity index (χ1n) is 7.58. The Hall–Kier alpha value is -3.21. The van der Waals surface area contributed by atoms with Crippen LogP contribution in [0.3, 0.4) is 0 Å². The summed E-state index contributed by atoms with van der Waals surface area (Å²) in [4.78, 5) is 19.7. The van der Waals surface area contributed by atoms with Gasteiger partial charge in [-0.2, -0.15) is 0 Å². The van der Waals surface area contributed by atoms with Gasteiger partial charge in [0.1, 0.15) is 5.82 Å². The van der Waals surface area contributed by atoms with Crippen LogP contribution in [0.15, 0.2) is 61.1 Å². The minimum Gasteiger partial charge on any atom is -0.355 e. The van der Waals surface area contributed by atoms with Gasteiger partial charge in [0.2, 0.25) is 5.91 Å². The zero-order chi connectivity index (χ0) is 17.1. The molecule has 24 heavy (non-hydrogen) atoms. The topological polar surface area (TPSA) is 66.9 Å². The van der Waals surface area contributed by atoms with Gasteiger partial charge in [0.15, 0.2) is 0 Å². The van der Waals surface area contributed by atoms with E-state index in [1.54, 1.807) is 12.4 Å². The van der Waals surface area contributed by atoms with Crippen LogP contribution < -0.4 is 10.6 Å². The van der Waals surface area contributed by atoms with Crippen molar-refractivity contribution in [2.75, 3.05) is 5.32 Å². The minimum atomic E-state index is -0.148. The van der Waals surface area contributed by atoms with E-state index in [4.69, 9.17) is 0 Å². The second-order valence-corrected chi connectivity index (χ2v) is 5.56. The molecule has 2 N–H and O–H groups in total. The molecule has 3 rings (SSSR count). The van der Waals surface area contributed by atoms with Gasteiger partial charge in [-0.25, -0.2) is 4.98 Å². The highest BCUT2D eigenvalue weighted by Crippen LogP contribution is 2.28. The Bertz CT molecular complexity index is 880. The third kappa shape index (κ3) is 3.41. The number of carbonyl (C=O) groups excluding carboxylic acids is 1. The molecule has 5 nitrogen and oxygen atoms in total. The van der Waals surface area contributed by atoms with Crippen LogP contribution in [0, 0.1) is 6.92 Å². The van der Waals surface area contributed by atoms with Crippen molar-refractivity contribution in [2.24, 2.45) is 0 Å². The van der Waals surface area contributed by atoms with E-state index < -0.39 is 0 Å². The summed E-state index contributed by atoms with van der Waals surface area (Å²) in [6.07, 6.45) is 7.46. The van der Waals surface area contributed by atoms with Crippen molar-refractivity contribution in [3.8, 4) is 0 Å². The molecule has 5 heteroatoms. The summed E-state index contributed by atoms with van der Waals surface area (Å²) in [6, 6.07) is 7.68. The molecule has 1 aliphatic heterocycles. The van der Waals surface area contributed by atoms with Crippen LogP contribution in [-0.2, 0) is 4.79 Å². The molecule has 0 aromatic carbocycles. The molecular formula is C19H18N4O. The monoisotopic (exact) mass is 318 g/mol. The third-order valence-corrected chi connectivity index (χ3v) is 3.62. The first-order valence-corrected chi connectivity index (χ1v) is 7.58. The van der Waals surface area contributed by atoms with Gasteiger partial charge in [-0.3, -0.25) is 9.78 Å². The van der Waals surface area contributed by atoms with Crippen molar-refractivity contribution >= 4 is 23.0 Å². The van der Waals surface area contributed by atoms with E-state index in [0.29, 0.717) is 5.82 Å². The highest BCUT2D eigenvalue weighted by Gasteiger charge is 2.13. The molecule has 3 heterocycles. The smallest absolute Gasteiger partial charge is 0.222 e. The Kier molecular flexibility index (Phi) is 4.24. The average molecular weight is 318 g/mol. The fraction of sp³-hybridized carbons (Fsp3) is 0.105. The number of rotatable bonds is 3. The number of aryl methyl sites for hydroxylation is 1. The first-order chi connectivity index (χ1) is 11.5. The Morgan fingerprint density at radius 1 is 1.21 bits per heavy atom. The molecule has 0 atom stereocenters. The van der Waals surface area contributed by atoms with Crippen LogP contribution in [0.1, 0.15) is 23.7 Å². The standard InChI is InChI=1S/C19H18N4O/c1-12-9-16(15-6-8-21-19(11-15)23-14(3)24)10-18(22-12)17-5-4-7-20-13(17)2/h4-11,22H,1H2,2-3H3,(H,21,23,24). The zero-order valence-corrected chi connectivity index (χ0v) is 13.6. The summed E-state index contributed by atoms with van der Waals surface area (Å²) in [6.45, 7) is 7.47. The van der Waals surface area contributed by atoms with Crippen LogP contribution >= 0.6 is 0 Å². The molecule has 2 aromatic heterocycles. The SMILES string of the molecule is C=C1C=C(c2ccnc(NC(C)=O)c2)C=C(c2cccnc2C)N1. The predicted octanol–water partition coefficient (Wildman–Crippen LogP) is 3.28. The molecule has 0 aliphatic carbocycles. The van der Waals surface area contributed by atoms with Gasteiger partial charge >= 0.3 is 0 Å². The number of dihydropyridines is 1. The van der Waals surface area contributed by atoms with Crippen LogP contribution in [0.2, 0.25) is 0 Å². The average Bonchev–Trinajstić information content (AvgIpc) is 2.54. The first kappa shape index (κ1) is 15.7. The van der Waals surface area contributed by atoms with E-state index in [-0.39, 0.29) is 5.91 Å². The van der Waals surface area contributed by atoms with Crippen molar-refractivity contribution in [2.45, 2.75) is 13.8 Å². The van der Waals surface area contributed by atoms with Crippen molar-refractivity contribution in [1.82, 2.24) is 15.3 Å². The molecule has 0 bridgehead atoms. The van der Waals surface area contributed by atoms with Crippen LogP contribution in [0.4, 0.5) is 5.82 Å². The highest BCUT2D eigenvalue weighted by atomic mass is 16.1. The molecule has 0 fully saturated rings. The maximum absolute atomic E-state index is 11.2. The Morgan fingerprint density at radius 3 is 2.79 bits per heavy atom. The number of nitrogens with zero attached hydrogens (tertiary/aromatic N) is 2. The number of nitrogens with one attached hydrogen (secondary N) is 2. The van der Waals surface area contributed by atoms with E-state index in [9.17, 15) is 4.79 Å². The molecule has 120 valence electrons. The number of carbonyl (C=O) groups is 1. The van der Waals surface area contributed by atoms with E-state index in [0.717, 1.165) is 33.8 Å². The summed E-state index contributed by atoms with van der Waals surface area (Å²) >= 11 is 0. The quantitative estimate of drug-likeness (QED) is 0.911. The van der Waals surface area contributed by atoms with Crippen LogP contribution in [-0.4, -0.2) is 15.9 Å². The van der Waals surface area contributed by atoms with Gasteiger partial charge in [-0.1, -0.05) is 6.58 Å². The second-order valence-electron chi connectivity index (χ2n) is 5.56. The fourth-order valence-electron chi connectivity index (χ4n) is 2.57. The molecule has 0 radical (unpaired) electrons. The Labute approximate surface area is 140 Å². The minimum absolute atomic E-state index is 0.148. The van der Waals surface area contributed by atoms with Gasteiger partial charge in [0.05, 0.1) is 0 Å². The number of anilines is 1. The molecule has 1 aliphatic rings. The lowest BCUT2D eigenvalue weighted by Gasteiger charge is -2.19. The largest absolute Gasteiger partial charge is 0.355 e. The lowest BCUT2D eigenvalue weighted by atomic mass is 9.98. The number of amides is 1. The van der Waals surface area contributed by atoms with Crippen molar-refractivity contribution in [3.63, 3.8) is 0 Å². The maximum Gasteiger partial charge on any atom is 0.222 e. The highest BCUT2D eigenvalue weighted by molar-refractivity contribution is 5.91. The number of aromatic nitrogens is 2. The van der Waals surface area contributed by atoms with Gasteiger partial charge in [0, 0.05) is 42.0 Å². The summed E-state index contributed by atoms with van der Waals surface area (Å²) < 4.78 is 0. The zero-order valence-electron chi connectivity index (χ0n) is 13.6. The van der Waals surface area contributed by atoms with Gasteiger partial charge < -0.3 is 10.6 Å². The lowest BCUT2D eigenvalue weighted by molar-refractivity contribution is -0.114. The van der Waals surface area contributed by atoms with Gasteiger partial charge in [-0.05, 0) is 54.5 Å². The van der Waals surface area contributed by atoms with E-state index >= 15 is 0 Å². The fourth-order valence-corrected chi connectivity index (χ4v) is 2.57. The second kappa shape index (κ2) is 6.50. The summed E-state index contributed by atoms with van der Waals surface area (Å²) in [7, 11) is 0. The predicted molar refractivity (Wildman–Crippen MR) is 95.7 cm³/mol. The number of hydrogen-bond acceptors (Lipinski definition) is 4. The van der Waals surface area contributed by atoms with Crippen molar-refractivity contribution < 1.29 is 4.79 Å². The van der Waals surface area contributed by atoms with Crippen LogP contribution in [0.5, 0.6) is 0 Å². The van der Waals surface area contributed by atoms with E-state index in [2.05, 4.69) is 27.2 Å². The number of pyridine rings is 2. The third-order valence-electron chi connectivity index (χ3n) is 3.62. The summed E-state index contributed by atoms with van der Waals surface area (Å²) in [5.41, 5.74) is 5.66. The van der Waals surface area contributed by atoms with Gasteiger partial charge in [-0.15, -0.1) is 0 Å². The summed E-state index contributed by atoms with van der Waals surface area (Å²) in [5, 5.41) is 5.99. The molecule has 2 aromatic rings. The number of hydrogen-bond donors (Lipinski definition) is 2.